The van der Waals surface area contributed by atoms with E-state index in [-0.39, 0.29) is 52.9 Å². The third kappa shape index (κ3) is 11.1. The van der Waals surface area contributed by atoms with Gasteiger partial charge in [0.05, 0.1) is 24.6 Å². The third-order valence-corrected chi connectivity index (χ3v) is 18.7. The zero-order valence-electron chi connectivity index (χ0n) is 38.0. The maximum absolute atomic E-state index is 14.6. The summed E-state index contributed by atoms with van der Waals surface area (Å²) in [6, 6.07) is 3.87. The molecule has 0 unspecified atom stereocenters. The van der Waals surface area contributed by atoms with E-state index in [0.717, 1.165) is 107 Å². The molecule has 8 rings (SSSR count). The van der Waals surface area contributed by atoms with Gasteiger partial charge in [0.2, 0.25) is 5.91 Å². The summed E-state index contributed by atoms with van der Waals surface area (Å²) in [5.74, 6) is 9.86. The lowest BCUT2D eigenvalue weighted by Crippen LogP contribution is -2.56. The predicted octanol–water partition coefficient (Wildman–Crippen LogP) is 7.71. The number of amides is 1. The number of phenols is 1. The van der Waals surface area contributed by atoms with Crippen molar-refractivity contribution in [2.75, 3.05) is 25.4 Å². The first-order valence-corrected chi connectivity index (χ1v) is 26.7. The number of aliphatic hydroxyl groups is 1. The quantitative estimate of drug-likeness (QED) is 0.0963. The highest BCUT2D eigenvalue weighted by Gasteiger charge is 2.59. The van der Waals surface area contributed by atoms with Gasteiger partial charge in [-0.25, -0.2) is 0 Å². The van der Waals surface area contributed by atoms with Crippen molar-refractivity contribution in [3.63, 3.8) is 0 Å². The Bertz CT molecular complexity index is 2010. The van der Waals surface area contributed by atoms with Crippen molar-refractivity contribution in [1.29, 1.82) is 0 Å². The first-order chi connectivity index (χ1) is 30.9. The number of nitrogens with two attached hydrogens (primary N) is 2. The molecule has 12 nitrogen and oxygen atoms in total. The molecular weight excluding hydrogens is 845 g/mol. The Labute approximate surface area is 388 Å². The SMILES string of the molecule is CC(=O)O[C@@H]1CCc2cc(c(O)c(OC3CCCC3)c2)CN2C[C@@](CC3=CCNC(N)=C3)(CC2=O)[C@H]2C#CC[C@@H]3CC[C@@]4(CCC[C@]4(NC(N)=NC2)SSCCCCCC[C@H](O)C1)C3. The molecule has 14 heteroatoms. The lowest BCUT2D eigenvalue weighted by atomic mass is 9.70. The summed E-state index contributed by atoms with van der Waals surface area (Å²) in [4.78, 5) is 33.6. The van der Waals surface area contributed by atoms with Crippen molar-refractivity contribution in [3.8, 4) is 23.3 Å². The number of hydrogen-bond donors (Lipinski definition) is 6. The third-order valence-electron chi connectivity index (χ3n) is 15.4. The number of rotatable bonds is 5. The lowest BCUT2D eigenvalue weighted by Gasteiger charge is -2.44. The average Bonchev–Trinajstić information content (AvgIpc) is 4.05. The summed E-state index contributed by atoms with van der Waals surface area (Å²) in [5, 5.41) is 30.2. The summed E-state index contributed by atoms with van der Waals surface area (Å²) in [5.41, 5.74) is 15.4. The van der Waals surface area contributed by atoms with Gasteiger partial charge < -0.3 is 46.7 Å². The van der Waals surface area contributed by atoms with E-state index < -0.39 is 17.6 Å². The number of aromatic hydroxyl groups is 1. The van der Waals surface area contributed by atoms with Crippen LogP contribution in [-0.4, -0.2) is 81.5 Å². The minimum atomic E-state index is -0.605. The standard InChI is InChI=1S/C50H72N6O6S2/c1-34(57)61-42-16-15-36-24-38(46(60)43(25-36)62-41-13-5-6-14-41)32-56-33-48(30-45(56)59,28-37-18-22-53-44(51)26-37)39-11-8-10-35-17-21-49(29-35)19-9-20-50(49,55-47(52)54-31-39)64-63-23-7-3-2-4-12-40(58)27-42/h18,24-26,35,39-42,53,58,60H,2-7,9-10,12-17,19-23,27-33,51H2,1H3,(H3,52,54,55)/t35-,39+,40+,42-,48-,49+,50+/m1/s1. The van der Waals surface area contributed by atoms with Crippen molar-refractivity contribution in [2.45, 2.75) is 171 Å². The Balaban J connectivity index is 1.15. The maximum atomic E-state index is 14.6. The number of aliphatic imine (C=N–C) groups is 1. The summed E-state index contributed by atoms with van der Waals surface area (Å²) in [7, 11) is 3.94. The molecule has 1 saturated heterocycles. The molecule has 0 aromatic heterocycles. The summed E-state index contributed by atoms with van der Waals surface area (Å²) in [6.07, 6.45) is 21.8. The molecule has 4 fully saturated rings. The van der Waals surface area contributed by atoms with Gasteiger partial charge in [-0.3, -0.25) is 14.6 Å². The molecule has 1 aromatic carbocycles. The molecule has 7 aliphatic rings. The van der Waals surface area contributed by atoms with E-state index in [1.165, 1.54) is 13.3 Å². The number of nitrogens with one attached hydrogen (secondary N) is 2. The second-order valence-corrected chi connectivity index (χ2v) is 22.8. The van der Waals surface area contributed by atoms with E-state index in [4.69, 9.17) is 25.9 Å². The van der Waals surface area contributed by atoms with Crippen LogP contribution in [0.25, 0.3) is 0 Å². The number of ether oxygens (including phenoxy) is 2. The highest BCUT2D eigenvalue weighted by molar-refractivity contribution is 8.77. The zero-order chi connectivity index (χ0) is 44.7. The summed E-state index contributed by atoms with van der Waals surface area (Å²) in [6.45, 7) is 3.01. The number of hydrogen-bond acceptors (Lipinski definition) is 13. The van der Waals surface area contributed by atoms with E-state index in [1.54, 1.807) is 0 Å². The molecule has 1 aromatic rings. The number of guanidine groups is 1. The Morgan fingerprint density at radius 1 is 1.03 bits per heavy atom. The van der Waals surface area contributed by atoms with Gasteiger partial charge in [-0.05, 0) is 126 Å². The van der Waals surface area contributed by atoms with Gasteiger partial charge in [-0.15, -0.1) is 5.92 Å². The van der Waals surface area contributed by atoms with Crippen molar-refractivity contribution < 1.29 is 29.3 Å². The van der Waals surface area contributed by atoms with Crippen molar-refractivity contribution in [1.82, 2.24) is 15.5 Å². The fraction of sp³-hybridized carbons (Fsp3) is 0.700. The topological polar surface area (TPSA) is 185 Å². The second-order valence-electron chi connectivity index (χ2n) is 20.1. The van der Waals surface area contributed by atoms with Crippen LogP contribution in [0.1, 0.15) is 146 Å². The number of dihydropyridines is 1. The number of fused-ring (bicyclic) bond motifs is 9. The second kappa shape index (κ2) is 20.9. The number of benzene rings is 1. The van der Waals surface area contributed by atoms with Crippen LogP contribution in [0.4, 0.5) is 0 Å². The molecule has 350 valence electrons. The zero-order valence-corrected chi connectivity index (χ0v) is 39.6. The molecule has 8 bridgehead atoms. The summed E-state index contributed by atoms with van der Waals surface area (Å²) < 4.78 is 12.3. The molecule has 4 aliphatic heterocycles. The first-order valence-electron chi connectivity index (χ1n) is 24.3. The number of carbonyl (C=O) groups is 2. The number of phenolic OH excluding ortho intramolecular Hbond substituents is 1. The largest absolute Gasteiger partial charge is 0.504 e. The van der Waals surface area contributed by atoms with Gasteiger partial charge in [0.1, 0.15) is 11.0 Å². The number of aliphatic hydroxyl groups excluding tert-OH is 1. The smallest absolute Gasteiger partial charge is 0.302 e. The van der Waals surface area contributed by atoms with Crippen LogP contribution in [0.2, 0.25) is 0 Å². The molecule has 0 radical (unpaired) electrons. The maximum Gasteiger partial charge on any atom is 0.302 e. The molecular formula is C50H72N6O6S2. The van der Waals surface area contributed by atoms with Gasteiger partial charge in [0.25, 0.3) is 0 Å². The van der Waals surface area contributed by atoms with Gasteiger partial charge in [0, 0.05) is 73.9 Å². The molecule has 2 spiro atoms. The van der Waals surface area contributed by atoms with Crippen LogP contribution in [0, 0.1) is 34.5 Å². The molecule has 7 atom stereocenters. The van der Waals surface area contributed by atoms with Crippen molar-refractivity contribution >= 4 is 39.4 Å². The van der Waals surface area contributed by atoms with E-state index in [1.807, 2.05) is 44.7 Å². The van der Waals surface area contributed by atoms with Crippen LogP contribution < -0.4 is 26.8 Å². The molecule has 64 heavy (non-hydrogen) atoms. The Hall–Kier alpha value is -3.67. The van der Waals surface area contributed by atoms with Gasteiger partial charge in [0.15, 0.2) is 17.5 Å². The monoisotopic (exact) mass is 916 g/mol. The molecule has 4 heterocycles. The van der Waals surface area contributed by atoms with E-state index in [0.29, 0.717) is 80.7 Å². The van der Waals surface area contributed by atoms with Crippen molar-refractivity contribution in [3.05, 3.63) is 46.8 Å². The van der Waals surface area contributed by atoms with Crippen LogP contribution in [0.15, 0.2) is 40.7 Å². The van der Waals surface area contributed by atoms with Crippen molar-refractivity contribution in [2.24, 2.45) is 39.1 Å². The minimum absolute atomic E-state index is 0.00211. The predicted molar refractivity (Wildman–Crippen MR) is 256 cm³/mol. The van der Waals surface area contributed by atoms with Crippen LogP contribution in [-0.2, 0) is 27.3 Å². The Morgan fingerprint density at radius 2 is 1.86 bits per heavy atom. The molecule has 3 saturated carbocycles. The Kier molecular flexibility index (Phi) is 15.3. The highest BCUT2D eigenvalue weighted by atomic mass is 33.1. The normalized spacial score (nSPS) is 33.4. The van der Waals surface area contributed by atoms with Crippen LogP contribution in [0.5, 0.6) is 11.5 Å². The minimum Gasteiger partial charge on any atom is -0.504 e. The fourth-order valence-electron chi connectivity index (χ4n) is 12.1. The van der Waals surface area contributed by atoms with Gasteiger partial charge in [-0.2, -0.15) is 0 Å². The molecule has 3 aliphatic carbocycles. The van der Waals surface area contributed by atoms with Crippen LogP contribution in [0.3, 0.4) is 0 Å². The highest BCUT2D eigenvalue weighted by Crippen LogP contribution is 2.64. The Morgan fingerprint density at radius 3 is 2.69 bits per heavy atom. The number of aryl methyl sites for hydroxylation is 1. The van der Waals surface area contributed by atoms with Gasteiger partial charge in [-0.1, -0.05) is 58.9 Å². The fourth-order valence-corrected chi connectivity index (χ4v) is 15.6. The molecule has 1 amide bonds. The van der Waals surface area contributed by atoms with E-state index in [9.17, 15) is 19.8 Å². The van der Waals surface area contributed by atoms with Crippen LogP contribution >= 0.6 is 21.6 Å². The number of allylic oxidation sites excluding steroid dienone is 2. The summed E-state index contributed by atoms with van der Waals surface area (Å²) >= 11 is 0. The average molecular weight is 917 g/mol. The molecule has 8 N–H and O–H groups in total. The number of carbonyl (C=O) groups excluding carboxylic acids is 2. The van der Waals surface area contributed by atoms with E-state index >= 15 is 0 Å². The van der Waals surface area contributed by atoms with E-state index in [2.05, 4.69) is 28.6 Å². The number of nitrogens with zero attached hydrogens (tertiary/aromatic N) is 2. The first kappa shape index (κ1) is 46.8. The lowest BCUT2D eigenvalue weighted by molar-refractivity contribution is -0.148. The van der Waals surface area contributed by atoms with Gasteiger partial charge >= 0.3 is 5.97 Å². The number of esters is 1.